The van der Waals surface area contributed by atoms with Crippen molar-refractivity contribution in [1.29, 1.82) is 0 Å². The molecular formula is C12H19N. The molecule has 0 amide bonds. The number of benzene rings is 1. The van der Waals surface area contributed by atoms with Crippen LogP contribution in [0.1, 0.15) is 36.5 Å². The summed E-state index contributed by atoms with van der Waals surface area (Å²) in [7, 11) is 0. The molecule has 1 aromatic carbocycles. The maximum Gasteiger partial charge on any atom is 0.0180 e. The van der Waals surface area contributed by atoms with Gasteiger partial charge in [-0.05, 0) is 36.5 Å². The van der Waals surface area contributed by atoms with Gasteiger partial charge in [-0.1, -0.05) is 31.5 Å². The molecule has 0 heterocycles. The van der Waals surface area contributed by atoms with Gasteiger partial charge in [0.15, 0.2) is 0 Å². The highest BCUT2D eigenvalue weighted by Crippen LogP contribution is 2.16. The second-order valence-electron chi connectivity index (χ2n) is 3.52. The summed E-state index contributed by atoms with van der Waals surface area (Å²) in [6, 6.07) is 6.40. The van der Waals surface area contributed by atoms with Crippen LogP contribution >= 0.6 is 0 Å². The van der Waals surface area contributed by atoms with Gasteiger partial charge in [0.25, 0.3) is 0 Å². The molecule has 0 bridgehead atoms. The largest absolute Gasteiger partial charge is 0.326 e. The van der Waals surface area contributed by atoms with E-state index in [2.05, 4.69) is 32.0 Å². The minimum atomic E-state index is 0.667. The zero-order valence-corrected chi connectivity index (χ0v) is 8.64. The lowest BCUT2D eigenvalue weighted by atomic mass is 9.97. The van der Waals surface area contributed by atoms with E-state index >= 15 is 0 Å². The maximum atomic E-state index is 5.69. The highest BCUT2D eigenvalue weighted by Gasteiger charge is 2.02. The predicted molar refractivity (Wildman–Crippen MR) is 57.7 cm³/mol. The fourth-order valence-corrected chi connectivity index (χ4v) is 1.67. The summed E-state index contributed by atoms with van der Waals surface area (Å²) in [6.07, 6.45) is 3.69. The Morgan fingerprint density at radius 1 is 1.31 bits per heavy atom. The Labute approximate surface area is 81.0 Å². The molecule has 0 unspecified atom stereocenters. The smallest absolute Gasteiger partial charge is 0.0180 e. The van der Waals surface area contributed by atoms with E-state index < -0.39 is 0 Å². The van der Waals surface area contributed by atoms with Crippen molar-refractivity contribution in [3.63, 3.8) is 0 Å². The first-order chi connectivity index (χ1) is 6.29. The number of hydrogen-bond donors (Lipinski definition) is 1. The molecule has 0 saturated carbocycles. The topological polar surface area (TPSA) is 26.0 Å². The Morgan fingerprint density at radius 3 is 2.69 bits per heavy atom. The third-order valence-electron chi connectivity index (χ3n) is 2.51. The van der Waals surface area contributed by atoms with Crippen LogP contribution in [0.2, 0.25) is 0 Å². The first kappa shape index (κ1) is 10.3. The quantitative estimate of drug-likeness (QED) is 0.752. The van der Waals surface area contributed by atoms with E-state index in [9.17, 15) is 0 Å². The van der Waals surface area contributed by atoms with Crippen molar-refractivity contribution in [1.82, 2.24) is 0 Å². The van der Waals surface area contributed by atoms with Gasteiger partial charge < -0.3 is 5.73 Å². The number of unbranched alkanes of at least 4 members (excludes halogenated alkanes) is 1. The van der Waals surface area contributed by atoms with Crippen LogP contribution in [0, 0.1) is 6.92 Å². The summed E-state index contributed by atoms with van der Waals surface area (Å²) in [5.41, 5.74) is 9.85. The highest BCUT2D eigenvalue weighted by atomic mass is 14.5. The van der Waals surface area contributed by atoms with Crippen LogP contribution in [0.4, 0.5) is 0 Å². The standard InChI is InChI=1S/C12H19N/c1-3-4-8-12-10(2)6-5-7-11(12)9-13/h5-7H,3-4,8-9,13H2,1-2H3. The van der Waals surface area contributed by atoms with E-state index in [0.717, 1.165) is 0 Å². The average molecular weight is 177 g/mol. The van der Waals surface area contributed by atoms with E-state index in [1.54, 1.807) is 0 Å². The molecule has 0 aromatic heterocycles. The first-order valence-corrected chi connectivity index (χ1v) is 5.07. The van der Waals surface area contributed by atoms with Gasteiger partial charge in [0, 0.05) is 6.54 Å². The van der Waals surface area contributed by atoms with Crippen molar-refractivity contribution in [2.24, 2.45) is 5.73 Å². The summed E-state index contributed by atoms with van der Waals surface area (Å²) in [4.78, 5) is 0. The number of hydrogen-bond acceptors (Lipinski definition) is 1. The van der Waals surface area contributed by atoms with Crippen molar-refractivity contribution in [3.05, 3.63) is 34.9 Å². The monoisotopic (exact) mass is 177 g/mol. The molecule has 1 aromatic rings. The first-order valence-electron chi connectivity index (χ1n) is 5.07. The zero-order valence-electron chi connectivity index (χ0n) is 8.64. The van der Waals surface area contributed by atoms with Crippen LogP contribution in [0.5, 0.6) is 0 Å². The molecule has 2 N–H and O–H groups in total. The molecule has 0 aliphatic heterocycles. The van der Waals surface area contributed by atoms with E-state index in [1.807, 2.05) is 0 Å². The summed E-state index contributed by atoms with van der Waals surface area (Å²) in [5, 5.41) is 0. The predicted octanol–water partition coefficient (Wildman–Crippen LogP) is 2.80. The molecule has 0 radical (unpaired) electrons. The Bertz CT molecular complexity index is 266. The molecule has 0 atom stereocenters. The van der Waals surface area contributed by atoms with Crippen LogP contribution in [-0.2, 0) is 13.0 Å². The van der Waals surface area contributed by atoms with E-state index in [-0.39, 0.29) is 0 Å². The lowest BCUT2D eigenvalue weighted by Gasteiger charge is -2.10. The average Bonchev–Trinajstić information content (AvgIpc) is 2.15. The Hall–Kier alpha value is -0.820. The molecule has 0 aliphatic carbocycles. The normalized spacial score (nSPS) is 10.4. The van der Waals surface area contributed by atoms with E-state index in [4.69, 9.17) is 5.73 Å². The maximum absolute atomic E-state index is 5.69. The summed E-state index contributed by atoms with van der Waals surface area (Å²) >= 11 is 0. The van der Waals surface area contributed by atoms with Gasteiger partial charge in [-0.2, -0.15) is 0 Å². The fourth-order valence-electron chi connectivity index (χ4n) is 1.67. The van der Waals surface area contributed by atoms with Crippen LogP contribution < -0.4 is 5.73 Å². The van der Waals surface area contributed by atoms with Gasteiger partial charge in [-0.25, -0.2) is 0 Å². The van der Waals surface area contributed by atoms with Crippen molar-refractivity contribution in [2.45, 2.75) is 39.7 Å². The third kappa shape index (κ3) is 2.56. The number of aryl methyl sites for hydroxylation is 1. The second-order valence-corrected chi connectivity index (χ2v) is 3.52. The van der Waals surface area contributed by atoms with E-state index in [1.165, 1.54) is 36.0 Å². The van der Waals surface area contributed by atoms with Crippen molar-refractivity contribution >= 4 is 0 Å². The molecular weight excluding hydrogens is 158 g/mol. The van der Waals surface area contributed by atoms with E-state index in [0.29, 0.717) is 6.54 Å². The lowest BCUT2D eigenvalue weighted by molar-refractivity contribution is 0.781. The summed E-state index contributed by atoms with van der Waals surface area (Å²) in [6.45, 7) is 5.06. The molecule has 1 heteroatoms. The molecule has 1 nitrogen and oxygen atoms in total. The van der Waals surface area contributed by atoms with Crippen molar-refractivity contribution in [2.75, 3.05) is 0 Å². The minimum absolute atomic E-state index is 0.667. The van der Waals surface area contributed by atoms with Gasteiger partial charge >= 0.3 is 0 Å². The van der Waals surface area contributed by atoms with Crippen molar-refractivity contribution in [3.8, 4) is 0 Å². The zero-order chi connectivity index (χ0) is 9.68. The Balaban J connectivity index is 2.87. The number of nitrogens with two attached hydrogens (primary N) is 1. The van der Waals surface area contributed by atoms with Gasteiger partial charge in [0.2, 0.25) is 0 Å². The molecule has 0 spiro atoms. The van der Waals surface area contributed by atoms with Crippen LogP contribution in [0.25, 0.3) is 0 Å². The van der Waals surface area contributed by atoms with Gasteiger partial charge in [0.05, 0.1) is 0 Å². The summed E-state index contributed by atoms with van der Waals surface area (Å²) < 4.78 is 0. The lowest BCUT2D eigenvalue weighted by Crippen LogP contribution is -2.03. The molecule has 1 rings (SSSR count). The highest BCUT2D eigenvalue weighted by molar-refractivity contribution is 5.34. The molecule has 0 fully saturated rings. The van der Waals surface area contributed by atoms with Crippen LogP contribution in [0.15, 0.2) is 18.2 Å². The molecule has 0 aliphatic rings. The second kappa shape index (κ2) is 5.03. The molecule has 13 heavy (non-hydrogen) atoms. The molecule has 72 valence electrons. The Kier molecular flexibility index (Phi) is 3.97. The number of rotatable bonds is 4. The SMILES string of the molecule is CCCCc1c(C)cccc1CN. The van der Waals surface area contributed by atoms with Gasteiger partial charge in [-0.15, -0.1) is 0 Å². The van der Waals surface area contributed by atoms with Crippen LogP contribution in [-0.4, -0.2) is 0 Å². The Morgan fingerprint density at radius 2 is 2.08 bits per heavy atom. The van der Waals surface area contributed by atoms with Gasteiger partial charge in [0.1, 0.15) is 0 Å². The van der Waals surface area contributed by atoms with Crippen LogP contribution in [0.3, 0.4) is 0 Å². The van der Waals surface area contributed by atoms with Gasteiger partial charge in [-0.3, -0.25) is 0 Å². The van der Waals surface area contributed by atoms with Crippen molar-refractivity contribution < 1.29 is 0 Å². The minimum Gasteiger partial charge on any atom is -0.326 e. The fraction of sp³-hybridized carbons (Fsp3) is 0.500. The summed E-state index contributed by atoms with van der Waals surface area (Å²) in [5.74, 6) is 0. The molecule has 0 saturated heterocycles. The third-order valence-corrected chi connectivity index (χ3v) is 2.51.